The van der Waals surface area contributed by atoms with E-state index in [0.29, 0.717) is 5.71 Å². The van der Waals surface area contributed by atoms with Crippen LogP contribution in [0.25, 0.3) is 0 Å². The van der Waals surface area contributed by atoms with Crippen molar-refractivity contribution < 1.29 is 9.53 Å². The lowest BCUT2D eigenvalue weighted by Crippen LogP contribution is -2.18. The van der Waals surface area contributed by atoms with Gasteiger partial charge in [0.15, 0.2) is 0 Å². The number of hydrogen-bond acceptors (Lipinski definition) is 4. The van der Waals surface area contributed by atoms with E-state index in [9.17, 15) is 4.79 Å². The number of nitrogens with zero attached hydrogens (tertiary/aromatic N) is 1. The maximum absolute atomic E-state index is 11.3. The quantitative estimate of drug-likeness (QED) is 0.623. The van der Waals surface area contributed by atoms with Crippen LogP contribution in [0.2, 0.25) is 0 Å². The molecule has 1 aromatic carbocycles. The molecule has 76 valence electrons. The fraction of sp³-hybridized carbons (Fsp3) is 0.0909. The van der Waals surface area contributed by atoms with Gasteiger partial charge in [0.05, 0.1) is 0 Å². The van der Waals surface area contributed by atoms with E-state index in [1.165, 1.54) is 0 Å². The Morgan fingerprint density at radius 3 is 2.73 bits per heavy atom. The lowest BCUT2D eigenvalue weighted by molar-refractivity contribution is -0.136. The van der Waals surface area contributed by atoms with E-state index in [1.807, 2.05) is 24.3 Å². The van der Waals surface area contributed by atoms with Gasteiger partial charge in [0.25, 0.3) is 0 Å². The Hall–Kier alpha value is -1.55. The summed E-state index contributed by atoms with van der Waals surface area (Å²) in [6, 6.07) is 7.48. The third-order valence-corrected chi connectivity index (χ3v) is 2.44. The molecule has 0 atom stereocenters. The molecule has 0 saturated carbocycles. The number of esters is 1. The largest absolute Gasteiger partial charge is 0.456 e. The Kier molecular flexibility index (Phi) is 2.87. The molecule has 3 nitrogen and oxygen atoms in total. The maximum atomic E-state index is 11.3. The van der Waals surface area contributed by atoms with Crippen LogP contribution < -0.4 is 0 Å². The van der Waals surface area contributed by atoms with Crippen LogP contribution in [0.1, 0.15) is 5.56 Å². The van der Waals surface area contributed by atoms with Gasteiger partial charge in [-0.05, 0) is 12.1 Å². The predicted molar refractivity (Wildman–Crippen MR) is 60.1 cm³/mol. The van der Waals surface area contributed by atoms with Crippen LogP contribution >= 0.6 is 12.6 Å². The number of hydrogen-bond donors (Lipinski definition) is 1. The minimum Gasteiger partial charge on any atom is -0.456 e. The molecule has 15 heavy (non-hydrogen) atoms. The molecule has 1 aromatic rings. The van der Waals surface area contributed by atoms with Crippen molar-refractivity contribution in [1.82, 2.24) is 0 Å². The number of benzene rings is 1. The van der Waals surface area contributed by atoms with E-state index in [-0.39, 0.29) is 6.61 Å². The van der Waals surface area contributed by atoms with Crippen molar-refractivity contribution in [3.05, 3.63) is 42.1 Å². The Morgan fingerprint density at radius 2 is 2.13 bits per heavy atom. The van der Waals surface area contributed by atoms with Crippen LogP contribution in [0.3, 0.4) is 0 Å². The lowest BCUT2D eigenvalue weighted by atomic mass is 10.2. The zero-order valence-electron chi connectivity index (χ0n) is 7.88. The highest BCUT2D eigenvalue weighted by Gasteiger charge is 2.13. The Balaban J connectivity index is 1.93. The van der Waals surface area contributed by atoms with Crippen LogP contribution in [0.5, 0.6) is 0 Å². The minimum atomic E-state index is -0.394. The molecule has 1 aliphatic heterocycles. The topological polar surface area (TPSA) is 38.7 Å². The van der Waals surface area contributed by atoms with Gasteiger partial charge in [-0.25, -0.2) is 9.79 Å². The summed E-state index contributed by atoms with van der Waals surface area (Å²) in [5, 5.41) is 0. The van der Waals surface area contributed by atoms with Crippen LogP contribution in [0.15, 0.2) is 46.4 Å². The molecule has 2 rings (SSSR count). The van der Waals surface area contributed by atoms with E-state index in [1.54, 1.807) is 12.3 Å². The summed E-state index contributed by atoms with van der Waals surface area (Å²) >= 11 is 4.25. The van der Waals surface area contributed by atoms with Crippen molar-refractivity contribution >= 4 is 24.3 Å². The van der Waals surface area contributed by atoms with Crippen LogP contribution in [-0.4, -0.2) is 11.7 Å². The molecule has 0 N–H and O–H groups in total. The summed E-state index contributed by atoms with van der Waals surface area (Å²) in [6.07, 6.45) is 3.18. The van der Waals surface area contributed by atoms with Gasteiger partial charge in [0, 0.05) is 16.7 Å². The van der Waals surface area contributed by atoms with Gasteiger partial charge >= 0.3 is 5.97 Å². The molecular weight excluding hydrogens is 210 g/mol. The summed E-state index contributed by atoms with van der Waals surface area (Å²) in [6.45, 7) is 0.228. The highest BCUT2D eigenvalue weighted by Crippen LogP contribution is 2.14. The summed E-state index contributed by atoms with van der Waals surface area (Å²) in [5.41, 5.74) is 1.25. The average molecular weight is 219 g/mol. The highest BCUT2D eigenvalue weighted by atomic mass is 32.1. The Labute approximate surface area is 92.9 Å². The monoisotopic (exact) mass is 219 g/mol. The zero-order chi connectivity index (χ0) is 10.7. The van der Waals surface area contributed by atoms with Crippen LogP contribution in [0.4, 0.5) is 0 Å². The molecule has 4 heteroatoms. The standard InChI is InChI=1S/C11H9NO2S/c13-11(9-5-6-12-9)14-7-8-3-1-2-4-10(8)15/h1-6,15H,7H2. The summed E-state index contributed by atoms with van der Waals surface area (Å²) in [5.74, 6) is -0.394. The Bertz CT molecular complexity index is 452. The fourth-order valence-electron chi connectivity index (χ4n) is 1.12. The third kappa shape index (κ3) is 2.27. The van der Waals surface area contributed by atoms with E-state index in [2.05, 4.69) is 17.6 Å². The second-order valence-corrected chi connectivity index (χ2v) is 3.52. The molecular formula is C11H9NO2S. The van der Waals surface area contributed by atoms with Crippen molar-refractivity contribution in [3.63, 3.8) is 0 Å². The first-order valence-electron chi connectivity index (χ1n) is 4.46. The van der Waals surface area contributed by atoms with Crippen molar-refractivity contribution in [2.24, 2.45) is 4.99 Å². The van der Waals surface area contributed by atoms with Gasteiger partial charge in [-0.15, -0.1) is 12.6 Å². The molecule has 1 heterocycles. The molecule has 0 aliphatic carbocycles. The second-order valence-electron chi connectivity index (χ2n) is 3.03. The first-order valence-corrected chi connectivity index (χ1v) is 4.90. The molecule has 0 saturated heterocycles. The van der Waals surface area contributed by atoms with Crippen LogP contribution in [0, 0.1) is 0 Å². The van der Waals surface area contributed by atoms with Gasteiger partial charge in [-0.1, -0.05) is 18.2 Å². The molecule has 0 amide bonds. The van der Waals surface area contributed by atoms with Crippen molar-refractivity contribution in [2.45, 2.75) is 11.5 Å². The van der Waals surface area contributed by atoms with E-state index >= 15 is 0 Å². The van der Waals surface area contributed by atoms with Crippen molar-refractivity contribution in [3.8, 4) is 0 Å². The number of carbonyl (C=O) groups is 1. The first kappa shape index (κ1) is 9.98. The Morgan fingerprint density at radius 1 is 1.40 bits per heavy atom. The highest BCUT2D eigenvalue weighted by molar-refractivity contribution is 7.80. The molecule has 0 aromatic heterocycles. The number of aliphatic imine (C=N–C) groups is 1. The predicted octanol–water partition coefficient (Wildman–Crippen LogP) is 1.99. The number of thiol groups is 1. The fourth-order valence-corrected chi connectivity index (χ4v) is 1.35. The van der Waals surface area contributed by atoms with Gasteiger partial charge in [-0.3, -0.25) is 0 Å². The molecule has 0 radical (unpaired) electrons. The second kappa shape index (κ2) is 4.31. The molecule has 0 fully saturated rings. The van der Waals surface area contributed by atoms with Gasteiger partial charge in [-0.2, -0.15) is 0 Å². The van der Waals surface area contributed by atoms with E-state index in [4.69, 9.17) is 4.74 Å². The minimum absolute atomic E-state index is 0.228. The van der Waals surface area contributed by atoms with E-state index in [0.717, 1.165) is 10.5 Å². The number of carbonyl (C=O) groups excluding carboxylic acids is 1. The van der Waals surface area contributed by atoms with Gasteiger partial charge in [0.1, 0.15) is 12.3 Å². The molecule has 0 spiro atoms. The zero-order valence-corrected chi connectivity index (χ0v) is 8.78. The van der Waals surface area contributed by atoms with Crippen LogP contribution in [-0.2, 0) is 16.1 Å². The smallest absolute Gasteiger partial charge is 0.357 e. The summed E-state index contributed by atoms with van der Waals surface area (Å²) in [7, 11) is 0. The van der Waals surface area contributed by atoms with Gasteiger partial charge < -0.3 is 4.74 Å². The van der Waals surface area contributed by atoms with Crippen molar-refractivity contribution in [2.75, 3.05) is 0 Å². The summed E-state index contributed by atoms with van der Waals surface area (Å²) in [4.78, 5) is 15.8. The summed E-state index contributed by atoms with van der Waals surface area (Å²) < 4.78 is 5.04. The van der Waals surface area contributed by atoms with E-state index < -0.39 is 5.97 Å². The van der Waals surface area contributed by atoms with Crippen molar-refractivity contribution in [1.29, 1.82) is 0 Å². The SMILES string of the molecule is O=C(OCc1ccccc1S)C1=NC=C1. The first-order chi connectivity index (χ1) is 7.27. The number of rotatable bonds is 3. The average Bonchev–Trinajstić information content (AvgIpc) is 2.14. The molecule has 0 bridgehead atoms. The van der Waals surface area contributed by atoms with Gasteiger partial charge in [0.2, 0.25) is 0 Å². The number of ether oxygens (including phenoxy) is 1. The third-order valence-electron chi connectivity index (χ3n) is 2.01. The normalized spacial score (nSPS) is 13.0. The molecule has 0 unspecified atom stereocenters. The molecule has 1 aliphatic rings. The lowest BCUT2D eigenvalue weighted by Gasteiger charge is -2.08. The maximum Gasteiger partial charge on any atom is 0.357 e.